The van der Waals surface area contributed by atoms with Crippen molar-refractivity contribution in [1.29, 1.82) is 0 Å². The molecule has 0 fully saturated rings. The average Bonchev–Trinajstić information content (AvgIpc) is 3.15. The number of benzene rings is 2. The standard InChI is InChI=1S/C27H32N2O4/c1-17(2)27(21-8-9-22-23(15-21)32-13-5-12-31-22)29-25(30)10-11-26-28-16-24(33-26)20-7-6-18(3)19(4)14-20/h6-9,14-17,27H,5,10-13H2,1-4H3,(H,29,30)/t27-/m0/s1. The molecule has 174 valence electrons. The van der Waals surface area contributed by atoms with Gasteiger partial charge in [0.2, 0.25) is 5.91 Å². The first kappa shape index (κ1) is 22.9. The second-order valence-corrected chi connectivity index (χ2v) is 8.96. The summed E-state index contributed by atoms with van der Waals surface area (Å²) in [6.45, 7) is 9.64. The van der Waals surface area contributed by atoms with E-state index in [0.29, 0.717) is 31.9 Å². The van der Waals surface area contributed by atoms with Crippen LogP contribution in [-0.2, 0) is 11.2 Å². The van der Waals surface area contributed by atoms with E-state index in [4.69, 9.17) is 13.9 Å². The van der Waals surface area contributed by atoms with Crippen LogP contribution in [0.2, 0.25) is 0 Å². The molecule has 33 heavy (non-hydrogen) atoms. The van der Waals surface area contributed by atoms with Crippen LogP contribution in [0.5, 0.6) is 11.5 Å². The third-order valence-electron chi connectivity index (χ3n) is 6.02. The predicted molar refractivity (Wildman–Crippen MR) is 128 cm³/mol. The first-order chi connectivity index (χ1) is 15.9. The molecule has 1 N–H and O–H groups in total. The molecule has 1 aromatic heterocycles. The topological polar surface area (TPSA) is 73.6 Å². The van der Waals surface area contributed by atoms with Crippen LogP contribution in [0.25, 0.3) is 11.3 Å². The largest absolute Gasteiger partial charge is 0.490 e. The van der Waals surface area contributed by atoms with Crippen molar-refractivity contribution in [2.45, 2.75) is 53.0 Å². The smallest absolute Gasteiger partial charge is 0.221 e. The lowest BCUT2D eigenvalue weighted by Crippen LogP contribution is -2.32. The lowest BCUT2D eigenvalue weighted by Gasteiger charge is -2.24. The Balaban J connectivity index is 1.39. The monoisotopic (exact) mass is 448 g/mol. The van der Waals surface area contributed by atoms with Gasteiger partial charge in [0.25, 0.3) is 0 Å². The van der Waals surface area contributed by atoms with E-state index >= 15 is 0 Å². The van der Waals surface area contributed by atoms with Gasteiger partial charge in [-0.3, -0.25) is 4.79 Å². The molecule has 1 aliphatic rings. The molecule has 0 saturated carbocycles. The van der Waals surface area contributed by atoms with Crippen molar-refractivity contribution in [3.05, 3.63) is 65.2 Å². The van der Waals surface area contributed by atoms with Crippen LogP contribution >= 0.6 is 0 Å². The maximum absolute atomic E-state index is 12.8. The van der Waals surface area contributed by atoms with Gasteiger partial charge in [0.1, 0.15) is 0 Å². The second kappa shape index (κ2) is 10.1. The van der Waals surface area contributed by atoms with Crippen LogP contribution in [0.3, 0.4) is 0 Å². The van der Waals surface area contributed by atoms with Crippen LogP contribution in [0, 0.1) is 19.8 Å². The molecule has 1 atom stereocenters. The van der Waals surface area contributed by atoms with E-state index < -0.39 is 0 Å². The van der Waals surface area contributed by atoms with Crippen molar-refractivity contribution in [1.82, 2.24) is 10.3 Å². The highest BCUT2D eigenvalue weighted by atomic mass is 16.5. The molecule has 3 aromatic rings. The summed E-state index contributed by atoms with van der Waals surface area (Å²) in [6, 6.07) is 12.0. The van der Waals surface area contributed by atoms with Crippen molar-refractivity contribution >= 4 is 5.91 Å². The minimum Gasteiger partial charge on any atom is -0.490 e. The van der Waals surface area contributed by atoms with E-state index in [1.165, 1.54) is 11.1 Å². The Hall–Kier alpha value is -3.28. The van der Waals surface area contributed by atoms with E-state index in [1.807, 2.05) is 24.3 Å². The number of aromatic nitrogens is 1. The summed E-state index contributed by atoms with van der Waals surface area (Å²) in [5, 5.41) is 3.17. The molecule has 6 heteroatoms. The van der Waals surface area contributed by atoms with Gasteiger partial charge in [-0.15, -0.1) is 0 Å². The molecule has 1 aliphatic heterocycles. The van der Waals surface area contributed by atoms with Crippen molar-refractivity contribution < 1.29 is 18.7 Å². The minimum absolute atomic E-state index is 0.0354. The summed E-state index contributed by atoms with van der Waals surface area (Å²) < 4.78 is 17.5. The van der Waals surface area contributed by atoms with Gasteiger partial charge in [0.15, 0.2) is 23.1 Å². The highest BCUT2D eigenvalue weighted by Crippen LogP contribution is 2.34. The third-order valence-corrected chi connectivity index (χ3v) is 6.02. The normalized spacial score (nSPS) is 14.1. The Morgan fingerprint density at radius 1 is 1.03 bits per heavy atom. The zero-order chi connectivity index (χ0) is 23.4. The summed E-state index contributed by atoms with van der Waals surface area (Å²) in [4.78, 5) is 17.1. The third kappa shape index (κ3) is 5.56. The number of fused-ring (bicyclic) bond motifs is 1. The number of rotatable bonds is 7. The van der Waals surface area contributed by atoms with E-state index in [1.54, 1.807) is 6.20 Å². The number of nitrogens with zero attached hydrogens (tertiary/aromatic N) is 1. The zero-order valence-corrected chi connectivity index (χ0v) is 19.8. The molecular formula is C27H32N2O4. The Kier molecular flexibility index (Phi) is 7.02. The Morgan fingerprint density at radius 3 is 2.58 bits per heavy atom. The maximum atomic E-state index is 12.8. The van der Waals surface area contributed by atoms with Gasteiger partial charge in [0, 0.05) is 24.8 Å². The number of carbonyl (C=O) groups excluding carboxylic acids is 1. The number of hydrogen-bond acceptors (Lipinski definition) is 5. The van der Waals surface area contributed by atoms with Gasteiger partial charge in [-0.2, -0.15) is 0 Å². The van der Waals surface area contributed by atoms with Gasteiger partial charge in [-0.1, -0.05) is 32.0 Å². The van der Waals surface area contributed by atoms with Crippen LogP contribution < -0.4 is 14.8 Å². The number of oxazole rings is 1. The van der Waals surface area contributed by atoms with Crippen molar-refractivity contribution in [3.63, 3.8) is 0 Å². The molecule has 0 saturated heterocycles. The summed E-state index contributed by atoms with van der Waals surface area (Å²) in [7, 11) is 0. The Labute approximate surface area is 195 Å². The molecular weight excluding hydrogens is 416 g/mol. The quantitative estimate of drug-likeness (QED) is 0.512. The molecule has 0 spiro atoms. The number of carbonyl (C=O) groups is 1. The summed E-state index contributed by atoms with van der Waals surface area (Å²) in [5.41, 5.74) is 4.45. The van der Waals surface area contributed by atoms with Crippen LogP contribution in [0.15, 0.2) is 47.0 Å². The summed E-state index contributed by atoms with van der Waals surface area (Å²) in [6.07, 6.45) is 3.34. The Morgan fingerprint density at radius 2 is 1.82 bits per heavy atom. The Bertz CT molecular complexity index is 1120. The van der Waals surface area contributed by atoms with Crippen molar-refractivity contribution in [2.24, 2.45) is 5.92 Å². The minimum atomic E-state index is -0.120. The van der Waals surface area contributed by atoms with Gasteiger partial charge >= 0.3 is 0 Å². The van der Waals surface area contributed by atoms with Gasteiger partial charge in [-0.25, -0.2) is 4.98 Å². The molecule has 1 amide bonds. The summed E-state index contributed by atoms with van der Waals surface area (Å²) >= 11 is 0. The molecule has 0 radical (unpaired) electrons. The molecule has 4 rings (SSSR count). The maximum Gasteiger partial charge on any atom is 0.221 e. The fourth-order valence-corrected chi connectivity index (χ4v) is 3.93. The van der Waals surface area contributed by atoms with Crippen LogP contribution in [-0.4, -0.2) is 24.1 Å². The number of amides is 1. The number of aryl methyl sites for hydroxylation is 3. The van der Waals surface area contributed by atoms with Crippen LogP contribution in [0.4, 0.5) is 0 Å². The first-order valence-corrected chi connectivity index (χ1v) is 11.6. The molecule has 0 unspecified atom stereocenters. The van der Waals surface area contributed by atoms with Crippen molar-refractivity contribution in [3.8, 4) is 22.8 Å². The lowest BCUT2D eigenvalue weighted by molar-refractivity contribution is -0.122. The highest BCUT2D eigenvalue weighted by Gasteiger charge is 2.21. The zero-order valence-electron chi connectivity index (χ0n) is 19.8. The second-order valence-electron chi connectivity index (χ2n) is 8.96. The number of hydrogen-bond donors (Lipinski definition) is 1. The molecule has 0 bridgehead atoms. The molecule has 0 aliphatic carbocycles. The van der Waals surface area contributed by atoms with Crippen molar-refractivity contribution in [2.75, 3.05) is 13.2 Å². The number of nitrogens with one attached hydrogen (secondary N) is 1. The highest BCUT2D eigenvalue weighted by molar-refractivity contribution is 5.76. The van der Waals surface area contributed by atoms with E-state index in [2.05, 4.69) is 50.1 Å². The summed E-state index contributed by atoms with van der Waals surface area (Å²) in [5.74, 6) is 2.97. The van der Waals surface area contributed by atoms with Gasteiger partial charge < -0.3 is 19.2 Å². The lowest BCUT2D eigenvalue weighted by atomic mass is 9.95. The molecule has 2 heterocycles. The van der Waals surface area contributed by atoms with E-state index in [-0.39, 0.29) is 17.9 Å². The van der Waals surface area contributed by atoms with Gasteiger partial charge in [-0.05, 0) is 54.7 Å². The number of ether oxygens (including phenoxy) is 2. The SMILES string of the molecule is Cc1ccc(-c2cnc(CCC(=O)N[C@H](c3ccc4c(c3)OCCCO4)C(C)C)o2)cc1C. The van der Waals surface area contributed by atoms with E-state index in [9.17, 15) is 4.79 Å². The van der Waals surface area contributed by atoms with Gasteiger partial charge in [0.05, 0.1) is 25.5 Å². The van der Waals surface area contributed by atoms with Crippen LogP contribution in [0.1, 0.15) is 55.3 Å². The predicted octanol–water partition coefficient (Wildman–Crippen LogP) is 5.57. The first-order valence-electron chi connectivity index (χ1n) is 11.6. The molecule has 6 nitrogen and oxygen atoms in total. The van der Waals surface area contributed by atoms with E-state index in [0.717, 1.165) is 34.8 Å². The fraction of sp³-hybridized carbons (Fsp3) is 0.407. The fourth-order valence-electron chi connectivity index (χ4n) is 3.93. The molecule has 2 aromatic carbocycles. The average molecular weight is 449 g/mol.